The SMILES string of the molecule is C[C@@H](NC(=O)C12CC1/C=C/CCCCCC(OC(N)=O)C(=O)N1CCCC1C(=O)N2)c1ccccc1. The lowest BCUT2D eigenvalue weighted by atomic mass is 10.1. The van der Waals surface area contributed by atoms with Gasteiger partial charge < -0.3 is 26.0 Å². The predicted octanol–water partition coefficient (Wildman–Crippen LogP) is 2.71. The first-order valence-electron chi connectivity index (χ1n) is 12.9. The molecule has 1 saturated heterocycles. The summed E-state index contributed by atoms with van der Waals surface area (Å²) >= 11 is 0. The normalized spacial score (nSPS) is 30.5. The van der Waals surface area contributed by atoms with E-state index in [4.69, 9.17) is 10.5 Å². The molecule has 9 heteroatoms. The quantitative estimate of drug-likeness (QED) is 0.552. The monoisotopic (exact) mass is 496 g/mol. The van der Waals surface area contributed by atoms with Gasteiger partial charge in [0, 0.05) is 12.5 Å². The van der Waals surface area contributed by atoms with Crippen LogP contribution in [0.25, 0.3) is 0 Å². The molecule has 4 rings (SSSR count). The van der Waals surface area contributed by atoms with E-state index in [9.17, 15) is 19.2 Å². The number of primary amides is 1. The van der Waals surface area contributed by atoms with Gasteiger partial charge in [-0.1, -0.05) is 48.9 Å². The van der Waals surface area contributed by atoms with Crippen LogP contribution >= 0.6 is 0 Å². The van der Waals surface area contributed by atoms with E-state index in [2.05, 4.69) is 16.7 Å². The van der Waals surface area contributed by atoms with Crippen molar-refractivity contribution in [2.45, 2.75) is 82.0 Å². The van der Waals surface area contributed by atoms with Crippen molar-refractivity contribution in [1.29, 1.82) is 0 Å². The molecule has 0 bridgehead atoms. The average Bonchev–Trinajstić information content (AvgIpc) is 3.32. The first-order chi connectivity index (χ1) is 17.3. The Morgan fingerprint density at radius 2 is 1.92 bits per heavy atom. The molecule has 1 saturated carbocycles. The second kappa shape index (κ2) is 11.1. The Kier molecular flexibility index (Phi) is 7.96. The molecule has 0 aromatic heterocycles. The van der Waals surface area contributed by atoms with Crippen molar-refractivity contribution in [1.82, 2.24) is 15.5 Å². The number of nitrogens with two attached hydrogens (primary N) is 1. The fourth-order valence-corrected chi connectivity index (χ4v) is 5.33. The van der Waals surface area contributed by atoms with Crippen LogP contribution in [0.5, 0.6) is 0 Å². The predicted molar refractivity (Wildman–Crippen MR) is 133 cm³/mol. The van der Waals surface area contributed by atoms with Crippen molar-refractivity contribution in [3.63, 3.8) is 0 Å². The number of ether oxygens (including phenoxy) is 1. The molecule has 0 spiro atoms. The molecule has 2 fully saturated rings. The maximum Gasteiger partial charge on any atom is 0.405 e. The minimum absolute atomic E-state index is 0.106. The molecule has 3 aliphatic rings. The average molecular weight is 497 g/mol. The number of nitrogens with zero attached hydrogens (tertiary/aromatic N) is 1. The van der Waals surface area contributed by atoms with E-state index < -0.39 is 29.7 Å². The first kappa shape index (κ1) is 25.7. The topological polar surface area (TPSA) is 131 Å². The van der Waals surface area contributed by atoms with Gasteiger partial charge in [-0.15, -0.1) is 0 Å². The van der Waals surface area contributed by atoms with Crippen LogP contribution < -0.4 is 16.4 Å². The molecule has 9 nitrogen and oxygen atoms in total. The fourth-order valence-electron chi connectivity index (χ4n) is 5.33. The minimum Gasteiger partial charge on any atom is -0.436 e. The second-order valence-electron chi connectivity index (χ2n) is 10.1. The van der Waals surface area contributed by atoms with Crippen molar-refractivity contribution in [3.8, 4) is 0 Å². The second-order valence-corrected chi connectivity index (χ2v) is 10.1. The van der Waals surface area contributed by atoms with Crippen molar-refractivity contribution in [2.75, 3.05) is 6.54 Å². The van der Waals surface area contributed by atoms with E-state index >= 15 is 0 Å². The summed E-state index contributed by atoms with van der Waals surface area (Å²) in [5, 5.41) is 6.08. The number of carbonyl (C=O) groups excluding carboxylic acids is 4. The Hall–Kier alpha value is -3.36. The van der Waals surface area contributed by atoms with Crippen LogP contribution in [0.4, 0.5) is 4.79 Å². The van der Waals surface area contributed by atoms with E-state index in [-0.39, 0.29) is 23.8 Å². The van der Waals surface area contributed by atoms with Gasteiger partial charge in [-0.3, -0.25) is 14.4 Å². The van der Waals surface area contributed by atoms with Gasteiger partial charge in [-0.05, 0) is 57.4 Å². The van der Waals surface area contributed by atoms with Crippen molar-refractivity contribution in [2.24, 2.45) is 11.7 Å². The number of rotatable bonds is 4. The van der Waals surface area contributed by atoms with Crippen LogP contribution in [0.15, 0.2) is 42.5 Å². The van der Waals surface area contributed by atoms with E-state index in [1.807, 2.05) is 43.3 Å². The van der Waals surface area contributed by atoms with Gasteiger partial charge in [0.05, 0.1) is 6.04 Å². The zero-order valence-corrected chi connectivity index (χ0v) is 20.8. The van der Waals surface area contributed by atoms with E-state index in [0.717, 1.165) is 24.8 Å². The van der Waals surface area contributed by atoms with Crippen molar-refractivity contribution in [3.05, 3.63) is 48.0 Å². The van der Waals surface area contributed by atoms with Gasteiger partial charge in [0.25, 0.3) is 5.91 Å². The largest absolute Gasteiger partial charge is 0.436 e. The number of fused-ring (bicyclic) bond motifs is 2. The number of benzene rings is 1. The summed E-state index contributed by atoms with van der Waals surface area (Å²) in [4.78, 5) is 53.2. The number of hydrogen-bond donors (Lipinski definition) is 3. The van der Waals surface area contributed by atoms with Crippen LogP contribution in [0.1, 0.15) is 69.9 Å². The molecule has 1 aliphatic carbocycles. The highest BCUT2D eigenvalue weighted by molar-refractivity contribution is 5.98. The van der Waals surface area contributed by atoms with Gasteiger partial charge in [0.2, 0.25) is 11.8 Å². The molecule has 36 heavy (non-hydrogen) atoms. The maximum absolute atomic E-state index is 13.5. The zero-order chi connectivity index (χ0) is 25.7. The molecule has 5 atom stereocenters. The van der Waals surface area contributed by atoms with Crippen LogP contribution in [-0.4, -0.2) is 52.9 Å². The molecular weight excluding hydrogens is 460 g/mol. The Labute approximate surface area is 211 Å². The number of carbonyl (C=O) groups is 4. The molecule has 1 aromatic carbocycles. The van der Waals surface area contributed by atoms with Crippen molar-refractivity contribution >= 4 is 23.8 Å². The number of nitrogens with one attached hydrogen (secondary N) is 2. The molecule has 0 radical (unpaired) electrons. The summed E-state index contributed by atoms with van der Waals surface area (Å²) in [6, 6.07) is 8.73. The standard InChI is InChI=1S/C27H36N4O5/c1-18(19-11-6-5-7-12-19)29-25(34)27-17-20(27)13-8-3-2-4-9-15-22(36-26(28)35)24(33)31-16-10-14-21(31)23(32)30-27/h5-8,11-13,18,20-22H,2-4,9-10,14-17H2,1H3,(H2,28,35)(H,29,34)(H,30,32)/b13-8+/t18-,20?,21?,22?,27?/m1/s1. The van der Waals surface area contributed by atoms with E-state index in [0.29, 0.717) is 38.6 Å². The Morgan fingerprint density at radius 3 is 2.67 bits per heavy atom. The first-order valence-corrected chi connectivity index (χ1v) is 12.9. The van der Waals surface area contributed by atoms with Gasteiger partial charge in [0.15, 0.2) is 6.10 Å². The van der Waals surface area contributed by atoms with Gasteiger partial charge in [-0.2, -0.15) is 0 Å². The molecule has 2 heterocycles. The lowest BCUT2D eigenvalue weighted by Crippen LogP contribution is -2.57. The van der Waals surface area contributed by atoms with Crippen LogP contribution in [0, 0.1) is 5.92 Å². The summed E-state index contributed by atoms with van der Waals surface area (Å²) in [5.41, 5.74) is 5.16. The van der Waals surface area contributed by atoms with Gasteiger partial charge in [0.1, 0.15) is 11.6 Å². The lowest BCUT2D eigenvalue weighted by Gasteiger charge is -2.29. The summed E-state index contributed by atoms with van der Waals surface area (Å²) in [6.45, 7) is 2.31. The molecule has 2 aliphatic heterocycles. The van der Waals surface area contributed by atoms with Crippen LogP contribution in [-0.2, 0) is 19.1 Å². The third kappa shape index (κ3) is 5.71. The minimum atomic E-state index is -1.04. The molecular formula is C27H36N4O5. The number of amides is 4. The number of hydrogen-bond acceptors (Lipinski definition) is 5. The summed E-state index contributed by atoms with van der Waals surface area (Å²) in [5.74, 6) is -1.09. The highest BCUT2D eigenvalue weighted by Crippen LogP contribution is 2.46. The molecule has 194 valence electrons. The smallest absolute Gasteiger partial charge is 0.405 e. The van der Waals surface area contributed by atoms with E-state index in [1.165, 1.54) is 4.90 Å². The molecule has 1 aromatic rings. The zero-order valence-electron chi connectivity index (χ0n) is 20.8. The summed E-state index contributed by atoms with van der Waals surface area (Å²) < 4.78 is 5.14. The molecule has 4 amide bonds. The van der Waals surface area contributed by atoms with Crippen LogP contribution in [0.3, 0.4) is 0 Å². The summed E-state index contributed by atoms with van der Waals surface area (Å²) in [7, 11) is 0. The highest BCUT2D eigenvalue weighted by Gasteiger charge is 2.60. The Bertz CT molecular complexity index is 1010. The molecule has 4 unspecified atom stereocenters. The lowest BCUT2D eigenvalue weighted by molar-refractivity contribution is -0.146. The van der Waals surface area contributed by atoms with E-state index in [1.54, 1.807) is 0 Å². The highest BCUT2D eigenvalue weighted by atomic mass is 16.6. The Balaban J connectivity index is 1.55. The Morgan fingerprint density at radius 1 is 1.14 bits per heavy atom. The maximum atomic E-state index is 13.5. The number of allylic oxidation sites excluding steroid dienone is 1. The fraction of sp³-hybridized carbons (Fsp3) is 0.556. The third-order valence-corrected chi connectivity index (χ3v) is 7.49. The molecule has 4 N–H and O–H groups in total. The van der Waals surface area contributed by atoms with Crippen molar-refractivity contribution < 1.29 is 23.9 Å². The van der Waals surface area contributed by atoms with Crippen LogP contribution in [0.2, 0.25) is 0 Å². The third-order valence-electron chi connectivity index (χ3n) is 7.49. The van der Waals surface area contributed by atoms with Gasteiger partial charge in [-0.25, -0.2) is 4.79 Å². The van der Waals surface area contributed by atoms with Gasteiger partial charge >= 0.3 is 6.09 Å². The summed E-state index contributed by atoms with van der Waals surface area (Å²) in [6.07, 6.45) is 7.40.